The number of hydrogen-bond acceptors (Lipinski definition) is 7. The van der Waals surface area contributed by atoms with E-state index in [9.17, 15) is 4.79 Å². The normalized spacial score (nSPS) is 15.8. The number of carbonyl (C=O) groups is 1. The summed E-state index contributed by atoms with van der Waals surface area (Å²) in [7, 11) is 1.83. The van der Waals surface area contributed by atoms with E-state index in [2.05, 4.69) is 25.0 Å². The molecule has 1 aliphatic rings. The summed E-state index contributed by atoms with van der Waals surface area (Å²) in [6.45, 7) is 5.64. The minimum Gasteiger partial charge on any atom is -0.338 e. The van der Waals surface area contributed by atoms with Gasteiger partial charge < -0.3 is 14.3 Å². The van der Waals surface area contributed by atoms with Crippen molar-refractivity contribution in [1.29, 1.82) is 0 Å². The molecule has 0 aromatic carbocycles. The third-order valence-corrected chi connectivity index (χ3v) is 4.36. The second kappa shape index (κ2) is 6.94. The van der Waals surface area contributed by atoms with E-state index in [4.69, 9.17) is 4.52 Å². The second-order valence-electron chi connectivity index (χ2n) is 6.35. The zero-order valence-electron chi connectivity index (χ0n) is 14.2. The summed E-state index contributed by atoms with van der Waals surface area (Å²) < 4.78 is 5.35. The molecule has 24 heavy (non-hydrogen) atoms. The van der Waals surface area contributed by atoms with E-state index in [0.29, 0.717) is 11.6 Å². The van der Waals surface area contributed by atoms with Crippen LogP contribution in [0.2, 0.25) is 0 Å². The Morgan fingerprint density at radius 3 is 2.54 bits per heavy atom. The molecule has 1 saturated heterocycles. The Morgan fingerprint density at radius 2 is 1.96 bits per heavy atom. The summed E-state index contributed by atoms with van der Waals surface area (Å²) in [6.07, 6.45) is 6.23. The molecule has 0 unspecified atom stereocenters. The third-order valence-electron chi connectivity index (χ3n) is 4.36. The number of aromatic nitrogens is 4. The number of piperidine rings is 1. The first-order valence-electron chi connectivity index (χ1n) is 8.17. The van der Waals surface area contributed by atoms with Crippen LogP contribution in [0.25, 0.3) is 0 Å². The first-order chi connectivity index (χ1) is 11.6. The Balaban J connectivity index is 1.59. The molecule has 2 aromatic rings. The van der Waals surface area contributed by atoms with Crippen molar-refractivity contribution in [2.45, 2.75) is 38.6 Å². The quantitative estimate of drug-likeness (QED) is 0.843. The van der Waals surface area contributed by atoms with Gasteiger partial charge in [0.2, 0.25) is 0 Å². The van der Waals surface area contributed by atoms with Crippen LogP contribution in [0.3, 0.4) is 0 Å². The molecule has 1 amide bonds. The molecule has 0 saturated carbocycles. The van der Waals surface area contributed by atoms with Crippen molar-refractivity contribution in [1.82, 2.24) is 25.0 Å². The highest BCUT2D eigenvalue weighted by Gasteiger charge is 2.28. The monoisotopic (exact) mass is 330 g/mol. The molecule has 1 aliphatic heterocycles. The van der Waals surface area contributed by atoms with E-state index in [1.807, 2.05) is 20.9 Å². The molecule has 0 spiro atoms. The van der Waals surface area contributed by atoms with E-state index in [1.54, 1.807) is 17.3 Å². The van der Waals surface area contributed by atoms with Gasteiger partial charge in [0, 0.05) is 44.5 Å². The molecule has 2 aromatic heterocycles. The predicted octanol–water partition coefficient (Wildman–Crippen LogP) is 1.72. The van der Waals surface area contributed by atoms with Crippen LogP contribution in [0.5, 0.6) is 0 Å². The van der Waals surface area contributed by atoms with Gasteiger partial charge in [0.25, 0.3) is 5.91 Å². The highest BCUT2D eigenvalue weighted by Crippen LogP contribution is 2.23. The van der Waals surface area contributed by atoms with Crippen molar-refractivity contribution in [3.8, 4) is 0 Å². The number of amides is 1. The molecule has 0 bridgehead atoms. The second-order valence-corrected chi connectivity index (χ2v) is 6.35. The number of hydrogen-bond donors (Lipinski definition) is 0. The van der Waals surface area contributed by atoms with Crippen molar-refractivity contribution in [3.05, 3.63) is 30.1 Å². The zero-order valence-corrected chi connectivity index (χ0v) is 14.2. The largest absolute Gasteiger partial charge is 0.338 e. The maximum Gasteiger partial charge on any atom is 0.324 e. The van der Waals surface area contributed by atoms with Gasteiger partial charge in [0.05, 0.1) is 5.56 Å². The summed E-state index contributed by atoms with van der Waals surface area (Å²) in [6, 6.07) is 0.754. The van der Waals surface area contributed by atoms with Crippen molar-refractivity contribution in [2.75, 3.05) is 25.0 Å². The topological polar surface area (TPSA) is 88.3 Å². The SMILES string of the molecule is CC(C)c1noc(N2CCC(N(C)C(=O)c3cncnc3)CC2)n1. The fourth-order valence-corrected chi connectivity index (χ4v) is 2.81. The fourth-order valence-electron chi connectivity index (χ4n) is 2.81. The average molecular weight is 330 g/mol. The highest BCUT2D eigenvalue weighted by molar-refractivity contribution is 5.93. The van der Waals surface area contributed by atoms with Gasteiger partial charge in [-0.1, -0.05) is 19.0 Å². The van der Waals surface area contributed by atoms with Gasteiger partial charge >= 0.3 is 6.01 Å². The maximum absolute atomic E-state index is 12.5. The number of nitrogens with zero attached hydrogens (tertiary/aromatic N) is 6. The van der Waals surface area contributed by atoms with Crippen LogP contribution >= 0.6 is 0 Å². The van der Waals surface area contributed by atoms with Crippen LogP contribution < -0.4 is 4.90 Å². The van der Waals surface area contributed by atoms with Gasteiger partial charge in [-0.05, 0) is 12.8 Å². The summed E-state index contributed by atoms with van der Waals surface area (Å²) in [5.74, 6) is 0.925. The molecule has 3 rings (SSSR count). The summed E-state index contributed by atoms with van der Waals surface area (Å²) >= 11 is 0. The Kier molecular flexibility index (Phi) is 4.73. The van der Waals surface area contributed by atoms with Gasteiger partial charge in [-0.25, -0.2) is 9.97 Å². The van der Waals surface area contributed by atoms with Crippen LogP contribution in [0.15, 0.2) is 23.2 Å². The Hall–Kier alpha value is -2.51. The van der Waals surface area contributed by atoms with Crippen LogP contribution in [0.4, 0.5) is 6.01 Å². The summed E-state index contributed by atoms with van der Waals surface area (Å²) in [4.78, 5) is 28.6. The van der Waals surface area contributed by atoms with Gasteiger partial charge in [-0.15, -0.1) is 0 Å². The number of anilines is 1. The lowest BCUT2D eigenvalue weighted by Gasteiger charge is -2.35. The number of rotatable bonds is 4. The lowest BCUT2D eigenvalue weighted by Crippen LogP contribution is -2.45. The lowest BCUT2D eigenvalue weighted by molar-refractivity contribution is 0.0707. The minimum atomic E-state index is -0.0473. The standard InChI is InChI=1S/C16H22N6O2/c1-11(2)14-19-16(24-20-14)22-6-4-13(5-7-22)21(3)15(23)12-8-17-10-18-9-12/h8-11,13H,4-7H2,1-3H3. The van der Waals surface area contributed by atoms with E-state index < -0.39 is 0 Å². The van der Waals surface area contributed by atoms with Crippen LogP contribution in [-0.4, -0.2) is 57.1 Å². The Labute approximate surface area is 140 Å². The highest BCUT2D eigenvalue weighted by atomic mass is 16.5. The molecule has 0 aliphatic carbocycles. The van der Waals surface area contributed by atoms with E-state index in [1.165, 1.54) is 6.33 Å². The molecule has 0 radical (unpaired) electrons. The molecule has 8 heteroatoms. The predicted molar refractivity (Wildman–Crippen MR) is 87.7 cm³/mol. The molecular weight excluding hydrogens is 308 g/mol. The van der Waals surface area contributed by atoms with E-state index in [0.717, 1.165) is 31.8 Å². The van der Waals surface area contributed by atoms with E-state index in [-0.39, 0.29) is 17.9 Å². The van der Waals surface area contributed by atoms with Crippen molar-refractivity contribution >= 4 is 11.9 Å². The van der Waals surface area contributed by atoms with Crippen molar-refractivity contribution in [2.24, 2.45) is 0 Å². The molecule has 0 atom stereocenters. The smallest absolute Gasteiger partial charge is 0.324 e. The van der Waals surface area contributed by atoms with Crippen molar-refractivity contribution in [3.63, 3.8) is 0 Å². The molecule has 128 valence electrons. The number of carbonyl (C=O) groups excluding carboxylic acids is 1. The molecule has 8 nitrogen and oxygen atoms in total. The maximum atomic E-state index is 12.5. The molecule has 1 fully saturated rings. The van der Waals surface area contributed by atoms with Crippen LogP contribution in [-0.2, 0) is 0 Å². The average Bonchev–Trinajstić information content (AvgIpc) is 3.12. The van der Waals surface area contributed by atoms with E-state index >= 15 is 0 Å². The minimum absolute atomic E-state index is 0.0473. The Morgan fingerprint density at radius 1 is 1.29 bits per heavy atom. The van der Waals surface area contributed by atoms with Crippen molar-refractivity contribution < 1.29 is 9.32 Å². The first-order valence-corrected chi connectivity index (χ1v) is 8.17. The zero-order chi connectivity index (χ0) is 17.1. The fraction of sp³-hybridized carbons (Fsp3) is 0.562. The molecule has 3 heterocycles. The summed E-state index contributed by atoms with van der Waals surface area (Å²) in [5, 5.41) is 4.01. The van der Waals surface area contributed by atoms with Gasteiger partial charge in [-0.2, -0.15) is 4.98 Å². The van der Waals surface area contributed by atoms with Crippen LogP contribution in [0, 0.1) is 0 Å². The molecular formula is C16H22N6O2. The third kappa shape index (κ3) is 3.37. The first kappa shape index (κ1) is 16.4. The van der Waals surface area contributed by atoms with Crippen LogP contribution in [0.1, 0.15) is 48.8 Å². The van der Waals surface area contributed by atoms with Gasteiger partial charge in [0.15, 0.2) is 5.82 Å². The van der Waals surface area contributed by atoms with Gasteiger partial charge in [0.1, 0.15) is 6.33 Å². The lowest BCUT2D eigenvalue weighted by atomic mass is 10.0. The van der Waals surface area contributed by atoms with Gasteiger partial charge in [-0.3, -0.25) is 4.79 Å². The molecule has 0 N–H and O–H groups in total. The summed E-state index contributed by atoms with van der Waals surface area (Å²) in [5.41, 5.74) is 0.515. The Bertz CT molecular complexity index is 679.